The van der Waals surface area contributed by atoms with Crippen LogP contribution in [0.25, 0.3) is 0 Å². The number of non-ortho nitro benzene ring substituents is 1. The number of nitro benzene ring substituents is 1. The standard InChI is InChI=1S/C21H19NO7/c1-20(2)28-18(23)21(19(24)29-20)16(12-4-8-14(9-5-12)22(25)26)17(21)13-6-10-15(27-3)11-7-13/h4-11,16-17H,1-3H3/t16?,17-/m1/s1. The van der Waals surface area contributed by atoms with Crippen molar-refractivity contribution >= 4 is 17.6 Å². The van der Waals surface area contributed by atoms with Crippen LogP contribution in [0.15, 0.2) is 48.5 Å². The molecule has 2 aromatic rings. The zero-order valence-electron chi connectivity index (χ0n) is 16.1. The predicted molar refractivity (Wildman–Crippen MR) is 100 cm³/mol. The lowest BCUT2D eigenvalue weighted by Gasteiger charge is -2.34. The van der Waals surface area contributed by atoms with Gasteiger partial charge in [0.2, 0.25) is 0 Å². The second-order valence-electron chi connectivity index (χ2n) is 7.63. The first-order chi connectivity index (χ1) is 13.7. The van der Waals surface area contributed by atoms with Crippen LogP contribution in [0.1, 0.15) is 36.8 Å². The first-order valence-electron chi connectivity index (χ1n) is 9.06. The summed E-state index contributed by atoms with van der Waals surface area (Å²) in [6, 6.07) is 12.9. The van der Waals surface area contributed by atoms with Crippen LogP contribution in [0.3, 0.4) is 0 Å². The molecule has 0 bridgehead atoms. The summed E-state index contributed by atoms with van der Waals surface area (Å²) in [5.74, 6) is -3.05. The molecule has 1 unspecified atom stereocenters. The zero-order valence-corrected chi connectivity index (χ0v) is 16.1. The van der Waals surface area contributed by atoms with Gasteiger partial charge in [0.15, 0.2) is 5.41 Å². The summed E-state index contributed by atoms with van der Waals surface area (Å²) in [6.45, 7) is 3.00. The van der Waals surface area contributed by atoms with E-state index >= 15 is 0 Å². The molecule has 1 saturated heterocycles. The van der Waals surface area contributed by atoms with Crippen molar-refractivity contribution in [3.8, 4) is 5.75 Å². The maximum atomic E-state index is 13.0. The van der Waals surface area contributed by atoms with E-state index in [0.29, 0.717) is 11.3 Å². The minimum absolute atomic E-state index is 0.0700. The number of carbonyl (C=O) groups is 2. The monoisotopic (exact) mass is 397 g/mol. The van der Waals surface area contributed by atoms with Gasteiger partial charge < -0.3 is 14.2 Å². The lowest BCUT2D eigenvalue weighted by molar-refractivity contribution is -0.384. The summed E-state index contributed by atoms with van der Waals surface area (Å²) in [5.41, 5.74) is -0.201. The number of nitrogens with zero attached hydrogens (tertiary/aromatic N) is 1. The Bertz CT molecular complexity index is 975. The molecule has 1 saturated carbocycles. The lowest BCUT2D eigenvalue weighted by atomic mass is 9.96. The van der Waals surface area contributed by atoms with E-state index in [1.54, 1.807) is 43.5 Å². The van der Waals surface area contributed by atoms with Crippen LogP contribution in [0.5, 0.6) is 5.75 Å². The Balaban J connectivity index is 1.79. The molecule has 4 rings (SSSR count). The fraction of sp³-hybridized carbons (Fsp3) is 0.333. The Morgan fingerprint density at radius 2 is 1.34 bits per heavy atom. The number of methoxy groups -OCH3 is 1. The quantitative estimate of drug-likeness (QED) is 0.337. The van der Waals surface area contributed by atoms with Crippen LogP contribution in [0, 0.1) is 15.5 Å². The van der Waals surface area contributed by atoms with E-state index in [2.05, 4.69) is 0 Å². The van der Waals surface area contributed by atoms with Crippen molar-refractivity contribution in [1.82, 2.24) is 0 Å². The number of hydrogen-bond acceptors (Lipinski definition) is 7. The van der Waals surface area contributed by atoms with Gasteiger partial charge in [0, 0.05) is 37.8 Å². The number of cyclic esters (lactones) is 2. The molecule has 1 aliphatic carbocycles. The maximum absolute atomic E-state index is 13.0. The van der Waals surface area contributed by atoms with Crippen LogP contribution in [-0.4, -0.2) is 29.8 Å². The van der Waals surface area contributed by atoms with E-state index in [0.717, 1.165) is 5.56 Å². The number of nitro groups is 1. The van der Waals surface area contributed by atoms with Gasteiger partial charge in [-0.1, -0.05) is 24.3 Å². The molecule has 8 heteroatoms. The third kappa shape index (κ3) is 2.83. The number of esters is 2. The van der Waals surface area contributed by atoms with Crippen LogP contribution in [0.4, 0.5) is 5.69 Å². The van der Waals surface area contributed by atoms with Crippen LogP contribution in [-0.2, 0) is 19.1 Å². The molecular weight excluding hydrogens is 378 g/mol. The van der Waals surface area contributed by atoms with Gasteiger partial charge in [-0.2, -0.15) is 0 Å². The number of ether oxygens (including phenoxy) is 3. The van der Waals surface area contributed by atoms with Gasteiger partial charge in [-0.05, 0) is 23.3 Å². The topological polar surface area (TPSA) is 105 Å². The normalized spacial score (nSPS) is 23.8. The summed E-state index contributed by atoms with van der Waals surface area (Å²) in [4.78, 5) is 36.5. The number of benzene rings is 2. The fourth-order valence-electron chi connectivity index (χ4n) is 4.14. The molecule has 8 nitrogen and oxygen atoms in total. The highest BCUT2D eigenvalue weighted by atomic mass is 16.7. The highest BCUT2D eigenvalue weighted by molar-refractivity contribution is 6.08. The Kier molecular flexibility index (Phi) is 4.11. The highest BCUT2D eigenvalue weighted by Gasteiger charge is 2.79. The molecule has 1 spiro atoms. The zero-order chi connectivity index (χ0) is 21.0. The van der Waals surface area contributed by atoms with E-state index < -0.39 is 39.9 Å². The van der Waals surface area contributed by atoms with Crippen molar-refractivity contribution < 1.29 is 28.7 Å². The fourth-order valence-corrected chi connectivity index (χ4v) is 4.14. The first kappa shape index (κ1) is 18.9. The van der Waals surface area contributed by atoms with Gasteiger partial charge in [-0.3, -0.25) is 19.7 Å². The second kappa shape index (κ2) is 6.30. The second-order valence-corrected chi connectivity index (χ2v) is 7.63. The third-order valence-corrected chi connectivity index (χ3v) is 5.50. The average molecular weight is 397 g/mol. The average Bonchev–Trinajstić information content (AvgIpc) is 3.37. The van der Waals surface area contributed by atoms with Crippen molar-refractivity contribution in [1.29, 1.82) is 0 Å². The molecule has 1 heterocycles. The van der Waals surface area contributed by atoms with Crippen LogP contribution < -0.4 is 4.74 Å². The molecule has 1 aliphatic heterocycles. The SMILES string of the molecule is COc1ccc([C@@H]2C(c3ccc([N+](=O)[O-])cc3)C23C(=O)OC(C)(C)OC3=O)cc1. The van der Waals surface area contributed by atoms with E-state index in [4.69, 9.17) is 14.2 Å². The molecule has 150 valence electrons. The van der Waals surface area contributed by atoms with Gasteiger partial charge in [0.1, 0.15) is 5.75 Å². The first-order valence-corrected chi connectivity index (χ1v) is 9.06. The van der Waals surface area contributed by atoms with Crippen molar-refractivity contribution in [3.05, 3.63) is 69.8 Å². The molecule has 2 atom stereocenters. The van der Waals surface area contributed by atoms with E-state index in [1.807, 2.05) is 0 Å². The Morgan fingerprint density at radius 3 is 1.76 bits per heavy atom. The number of hydrogen-bond donors (Lipinski definition) is 0. The van der Waals surface area contributed by atoms with Crippen LogP contribution in [0.2, 0.25) is 0 Å². The molecule has 2 aliphatic rings. The predicted octanol–water partition coefficient (Wildman–Crippen LogP) is 3.31. The molecule has 29 heavy (non-hydrogen) atoms. The maximum Gasteiger partial charge on any atom is 0.328 e. The molecule has 0 amide bonds. The third-order valence-electron chi connectivity index (χ3n) is 5.50. The summed E-state index contributed by atoms with van der Waals surface area (Å²) in [7, 11) is 1.55. The largest absolute Gasteiger partial charge is 0.497 e. The Morgan fingerprint density at radius 1 is 0.897 bits per heavy atom. The molecule has 2 aromatic carbocycles. The molecular formula is C21H19NO7. The van der Waals surface area contributed by atoms with E-state index in [-0.39, 0.29) is 5.69 Å². The van der Waals surface area contributed by atoms with Crippen molar-refractivity contribution in [3.63, 3.8) is 0 Å². The minimum atomic E-state index is -1.51. The van der Waals surface area contributed by atoms with Gasteiger partial charge in [0.25, 0.3) is 11.5 Å². The van der Waals surface area contributed by atoms with Crippen molar-refractivity contribution in [2.75, 3.05) is 7.11 Å². The summed E-state index contributed by atoms with van der Waals surface area (Å²) >= 11 is 0. The highest BCUT2D eigenvalue weighted by Crippen LogP contribution is 2.72. The molecule has 0 radical (unpaired) electrons. The summed E-state index contributed by atoms with van der Waals surface area (Å²) in [5, 5.41) is 11.0. The Hall–Kier alpha value is -3.42. The number of carbonyl (C=O) groups excluding carboxylic acids is 2. The van der Waals surface area contributed by atoms with Gasteiger partial charge in [-0.25, -0.2) is 0 Å². The lowest BCUT2D eigenvalue weighted by Crippen LogP contribution is -2.48. The van der Waals surface area contributed by atoms with Crippen LogP contribution >= 0.6 is 0 Å². The van der Waals surface area contributed by atoms with E-state index in [1.165, 1.54) is 26.0 Å². The minimum Gasteiger partial charge on any atom is -0.497 e. The van der Waals surface area contributed by atoms with E-state index in [9.17, 15) is 19.7 Å². The summed E-state index contributed by atoms with van der Waals surface area (Å²) in [6.07, 6.45) is 0. The molecule has 0 aromatic heterocycles. The molecule has 2 fully saturated rings. The molecule has 0 N–H and O–H groups in total. The van der Waals surface area contributed by atoms with Gasteiger partial charge in [0.05, 0.1) is 12.0 Å². The van der Waals surface area contributed by atoms with Gasteiger partial charge in [-0.15, -0.1) is 0 Å². The summed E-state index contributed by atoms with van der Waals surface area (Å²) < 4.78 is 16.0. The van der Waals surface area contributed by atoms with Gasteiger partial charge >= 0.3 is 11.9 Å². The Labute approximate surface area is 166 Å². The van der Waals surface area contributed by atoms with Crippen molar-refractivity contribution in [2.45, 2.75) is 31.5 Å². The number of rotatable bonds is 4. The van der Waals surface area contributed by atoms with Crippen molar-refractivity contribution in [2.24, 2.45) is 5.41 Å². The smallest absolute Gasteiger partial charge is 0.328 e.